The van der Waals surface area contributed by atoms with Gasteiger partial charge in [0.25, 0.3) is 5.91 Å². The van der Waals surface area contributed by atoms with Gasteiger partial charge in [0.2, 0.25) is 10.0 Å². The minimum Gasteiger partial charge on any atom is -0.454 e. The summed E-state index contributed by atoms with van der Waals surface area (Å²) in [5.41, 5.74) is 2.78. The van der Waals surface area contributed by atoms with Crippen LogP contribution >= 0.6 is 0 Å². The van der Waals surface area contributed by atoms with Crippen LogP contribution in [0.4, 0.5) is 5.69 Å². The van der Waals surface area contributed by atoms with Crippen molar-refractivity contribution in [1.29, 1.82) is 0 Å². The van der Waals surface area contributed by atoms with Crippen molar-refractivity contribution in [3.63, 3.8) is 0 Å². The van der Waals surface area contributed by atoms with Crippen molar-refractivity contribution in [2.75, 3.05) is 19.4 Å². The second-order valence-corrected chi connectivity index (χ2v) is 9.80. The summed E-state index contributed by atoms with van der Waals surface area (Å²) in [5, 5.41) is 2.73. The molecule has 4 rings (SSSR count). The van der Waals surface area contributed by atoms with Crippen molar-refractivity contribution in [2.45, 2.75) is 17.4 Å². The van der Waals surface area contributed by atoms with Crippen molar-refractivity contribution in [1.82, 2.24) is 4.31 Å². The summed E-state index contributed by atoms with van der Waals surface area (Å²) in [6, 6.07) is 20.3. The first-order valence-electron chi connectivity index (χ1n) is 9.98. The van der Waals surface area contributed by atoms with Crippen LogP contribution in [0, 0.1) is 0 Å². The van der Waals surface area contributed by atoms with Gasteiger partial charge in [0.15, 0.2) is 0 Å². The molecule has 1 N–H and O–H groups in total. The second kappa shape index (κ2) is 8.57. The first-order valence-corrected chi connectivity index (χ1v) is 11.4. The number of hydrogen-bond donors (Lipinski definition) is 1. The molecule has 8 heteroatoms. The molecule has 0 fully saturated rings. The molecule has 1 heterocycles. The number of anilines is 1. The molecule has 0 spiro atoms. The lowest BCUT2D eigenvalue weighted by Gasteiger charge is -2.25. The van der Waals surface area contributed by atoms with Gasteiger partial charge in [-0.05, 0) is 47.5 Å². The maximum absolute atomic E-state index is 12.8. The summed E-state index contributed by atoms with van der Waals surface area (Å²) in [6.07, 6.45) is 0.0467. The Kier molecular flexibility index (Phi) is 5.82. The Morgan fingerprint density at radius 1 is 1.00 bits per heavy atom. The Bertz CT molecular complexity index is 1290. The van der Waals surface area contributed by atoms with E-state index in [0.29, 0.717) is 23.2 Å². The molecule has 7 nitrogen and oxygen atoms in total. The van der Waals surface area contributed by atoms with Gasteiger partial charge < -0.3 is 10.1 Å². The molecule has 1 amide bonds. The molecule has 0 bridgehead atoms. The van der Waals surface area contributed by atoms with Crippen LogP contribution in [0.25, 0.3) is 0 Å². The number of nitrogens with one attached hydrogen (secondary N) is 1. The van der Waals surface area contributed by atoms with Gasteiger partial charge >= 0.3 is 5.97 Å². The number of carbonyl (C=O) groups excluding carboxylic acids is 2. The summed E-state index contributed by atoms with van der Waals surface area (Å²) < 4.78 is 31.4. The van der Waals surface area contributed by atoms with E-state index in [9.17, 15) is 18.0 Å². The summed E-state index contributed by atoms with van der Waals surface area (Å²) in [6.45, 7) is 0. The summed E-state index contributed by atoms with van der Waals surface area (Å²) in [4.78, 5) is 25.4. The van der Waals surface area contributed by atoms with Gasteiger partial charge in [-0.2, -0.15) is 0 Å². The fourth-order valence-corrected chi connectivity index (χ4v) is 4.49. The van der Waals surface area contributed by atoms with Crippen molar-refractivity contribution in [2.24, 2.45) is 0 Å². The van der Waals surface area contributed by atoms with E-state index in [1.807, 2.05) is 30.3 Å². The number of benzene rings is 3. The SMILES string of the molecule is CN(C)S(=O)(=O)c1cccc(NC(=O)c2ccc3c(c2)C[C@H](c2ccccc2)OC3=O)c1. The Balaban J connectivity index is 1.57. The van der Waals surface area contributed by atoms with Gasteiger partial charge in [0, 0.05) is 31.8 Å². The van der Waals surface area contributed by atoms with Gasteiger partial charge in [0.05, 0.1) is 10.5 Å². The zero-order valence-corrected chi connectivity index (χ0v) is 18.4. The Morgan fingerprint density at radius 3 is 2.47 bits per heavy atom. The van der Waals surface area contributed by atoms with E-state index < -0.39 is 28.0 Å². The molecule has 0 saturated carbocycles. The largest absolute Gasteiger partial charge is 0.454 e. The van der Waals surface area contributed by atoms with Crippen LogP contribution in [0.2, 0.25) is 0 Å². The molecule has 164 valence electrons. The topological polar surface area (TPSA) is 92.8 Å². The predicted molar refractivity (Wildman–Crippen MR) is 120 cm³/mol. The van der Waals surface area contributed by atoms with Crippen LogP contribution in [0.1, 0.15) is 37.9 Å². The lowest BCUT2D eigenvalue weighted by molar-refractivity contribution is 0.0252. The number of nitrogens with zero attached hydrogens (tertiary/aromatic N) is 1. The first-order chi connectivity index (χ1) is 15.3. The predicted octanol–water partition coefficient (Wildman–Crippen LogP) is 3.64. The molecule has 1 aliphatic rings. The van der Waals surface area contributed by atoms with Gasteiger partial charge in [-0.3, -0.25) is 4.79 Å². The lowest BCUT2D eigenvalue weighted by Crippen LogP contribution is -2.23. The highest BCUT2D eigenvalue weighted by Gasteiger charge is 2.28. The number of amides is 1. The third kappa shape index (κ3) is 4.28. The molecular weight excluding hydrogens is 428 g/mol. The number of fused-ring (bicyclic) bond motifs is 1. The van der Waals surface area contributed by atoms with E-state index >= 15 is 0 Å². The van der Waals surface area contributed by atoms with E-state index in [2.05, 4.69) is 5.32 Å². The molecule has 1 atom stereocenters. The van der Waals surface area contributed by atoms with Gasteiger partial charge in [-0.25, -0.2) is 17.5 Å². The van der Waals surface area contributed by atoms with Gasteiger partial charge in [-0.15, -0.1) is 0 Å². The van der Waals surface area contributed by atoms with Crippen LogP contribution in [0.3, 0.4) is 0 Å². The molecule has 3 aromatic rings. The van der Waals surface area contributed by atoms with Crippen LogP contribution in [-0.4, -0.2) is 38.7 Å². The molecule has 0 aliphatic carbocycles. The zero-order valence-electron chi connectivity index (χ0n) is 17.6. The molecular formula is C24H22N2O5S. The average Bonchev–Trinajstić information content (AvgIpc) is 2.79. The van der Waals surface area contributed by atoms with Crippen LogP contribution in [-0.2, 0) is 21.2 Å². The minimum absolute atomic E-state index is 0.0826. The van der Waals surface area contributed by atoms with Crippen LogP contribution in [0.15, 0.2) is 77.7 Å². The fourth-order valence-electron chi connectivity index (χ4n) is 3.54. The normalized spacial score (nSPS) is 15.7. The highest BCUT2D eigenvalue weighted by atomic mass is 32.2. The van der Waals surface area contributed by atoms with E-state index in [1.165, 1.54) is 26.2 Å². The molecule has 0 saturated heterocycles. The maximum Gasteiger partial charge on any atom is 0.339 e. The maximum atomic E-state index is 12.8. The third-order valence-electron chi connectivity index (χ3n) is 5.28. The minimum atomic E-state index is -3.62. The molecule has 0 radical (unpaired) electrons. The van der Waals surface area contributed by atoms with Crippen LogP contribution in [0.5, 0.6) is 0 Å². The smallest absolute Gasteiger partial charge is 0.339 e. The highest BCUT2D eigenvalue weighted by molar-refractivity contribution is 7.89. The van der Waals surface area contributed by atoms with E-state index in [-0.39, 0.29) is 4.90 Å². The highest BCUT2D eigenvalue weighted by Crippen LogP contribution is 2.31. The van der Waals surface area contributed by atoms with E-state index in [0.717, 1.165) is 15.4 Å². The number of hydrogen-bond acceptors (Lipinski definition) is 5. The molecule has 3 aromatic carbocycles. The standard InChI is InChI=1S/C24H22N2O5S/c1-26(2)32(29,30)20-10-6-9-19(15-20)25-23(27)17-11-12-21-18(13-17)14-22(31-24(21)28)16-7-4-3-5-8-16/h3-13,15,22H,14H2,1-2H3,(H,25,27)/t22-/m1/s1. The second-order valence-electron chi connectivity index (χ2n) is 7.65. The number of ether oxygens (including phenoxy) is 1. The number of esters is 1. The summed E-state index contributed by atoms with van der Waals surface area (Å²) in [7, 11) is -0.728. The molecule has 1 aliphatic heterocycles. The summed E-state index contributed by atoms with van der Waals surface area (Å²) >= 11 is 0. The van der Waals surface area contributed by atoms with E-state index in [1.54, 1.807) is 30.3 Å². The van der Waals surface area contributed by atoms with Gasteiger partial charge in [-0.1, -0.05) is 36.4 Å². The summed E-state index contributed by atoms with van der Waals surface area (Å²) in [5.74, 6) is -0.823. The van der Waals surface area contributed by atoms with Crippen molar-refractivity contribution < 1.29 is 22.7 Å². The fraction of sp³-hybridized carbons (Fsp3) is 0.167. The third-order valence-corrected chi connectivity index (χ3v) is 7.09. The quantitative estimate of drug-likeness (QED) is 0.599. The Morgan fingerprint density at radius 2 is 1.75 bits per heavy atom. The average molecular weight is 451 g/mol. The first kappa shape index (κ1) is 21.7. The zero-order chi connectivity index (χ0) is 22.9. The lowest BCUT2D eigenvalue weighted by atomic mass is 9.93. The monoisotopic (exact) mass is 450 g/mol. The number of carbonyl (C=O) groups is 2. The van der Waals surface area contributed by atoms with E-state index in [4.69, 9.17) is 4.74 Å². The number of sulfonamides is 1. The molecule has 0 aromatic heterocycles. The van der Waals surface area contributed by atoms with Crippen LogP contribution < -0.4 is 5.32 Å². The van der Waals surface area contributed by atoms with Crippen molar-refractivity contribution in [3.05, 3.63) is 95.1 Å². The number of cyclic esters (lactones) is 1. The Hall–Kier alpha value is -3.49. The molecule has 32 heavy (non-hydrogen) atoms. The van der Waals surface area contributed by atoms with Gasteiger partial charge in [0.1, 0.15) is 6.10 Å². The van der Waals surface area contributed by atoms with Crippen molar-refractivity contribution >= 4 is 27.6 Å². The Labute approximate surface area is 186 Å². The molecule has 0 unspecified atom stereocenters. The number of rotatable bonds is 5. The van der Waals surface area contributed by atoms with Crippen molar-refractivity contribution in [3.8, 4) is 0 Å².